The highest BCUT2D eigenvalue weighted by atomic mass is 35.5. The zero-order chi connectivity index (χ0) is 19.0. The van der Waals surface area contributed by atoms with Crippen LogP contribution < -0.4 is 0 Å². The molecular formula is C19H18Cl2N2OS2. The highest BCUT2D eigenvalue weighted by Gasteiger charge is 2.31. The number of aryl methyl sites for hydroxylation is 1. The van der Waals surface area contributed by atoms with Crippen molar-refractivity contribution in [3.63, 3.8) is 0 Å². The van der Waals surface area contributed by atoms with Gasteiger partial charge < -0.3 is 4.57 Å². The number of nitrogens with zero attached hydrogens (tertiary/aromatic N) is 2. The minimum atomic E-state index is -0.0128. The number of carbonyl (C=O) groups excluding carboxylic acids is 1. The molecule has 0 bridgehead atoms. The number of thiocarbonyl (C=S) groups is 1. The SMILES string of the molecule is CCCN1C(=O)C(=Cc2cc(C)n(-c3ccc(Cl)c(Cl)c3)c2C)SC1=S. The van der Waals surface area contributed by atoms with Crippen LogP contribution in [0.2, 0.25) is 10.0 Å². The van der Waals surface area contributed by atoms with Gasteiger partial charge in [0.1, 0.15) is 4.32 Å². The van der Waals surface area contributed by atoms with Crippen LogP contribution in [0, 0.1) is 13.8 Å². The number of thioether (sulfide) groups is 1. The van der Waals surface area contributed by atoms with Crippen molar-refractivity contribution >= 4 is 63.5 Å². The van der Waals surface area contributed by atoms with E-state index >= 15 is 0 Å². The van der Waals surface area contributed by atoms with Crippen molar-refractivity contribution < 1.29 is 4.79 Å². The van der Waals surface area contributed by atoms with Gasteiger partial charge in [-0.15, -0.1) is 0 Å². The molecule has 0 aliphatic carbocycles. The number of benzene rings is 1. The Kier molecular flexibility index (Phi) is 5.82. The molecule has 2 heterocycles. The molecule has 26 heavy (non-hydrogen) atoms. The third kappa shape index (κ3) is 3.58. The third-order valence-corrected chi connectivity index (χ3v) is 6.36. The molecule has 1 aromatic carbocycles. The molecule has 0 atom stereocenters. The van der Waals surface area contributed by atoms with Crippen molar-refractivity contribution in [2.24, 2.45) is 0 Å². The molecule has 0 radical (unpaired) electrons. The minimum absolute atomic E-state index is 0.0128. The predicted octanol–water partition coefficient (Wildman–Crippen LogP) is 6.01. The fourth-order valence-corrected chi connectivity index (χ4v) is 4.60. The van der Waals surface area contributed by atoms with E-state index in [9.17, 15) is 4.79 Å². The first-order valence-electron chi connectivity index (χ1n) is 8.23. The van der Waals surface area contributed by atoms with Gasteiger partial charge >= 0.3 is 0 Å². The average Bonchev–Trinajstić information content (AvgIpc) is 3.01. The van der Waals surface area contributed by atoms with Gasteiger partial charge in [-0.25, -0.2) is 0 Å². The summed E-state index contributed by atoms with van der Waals surface area (Å²) >= 11 is 18.9. The molecule has 7 heteroatoms. The summed E-state index contributed by atoms with van der Waals surface area (Å²) in [6, 6.07) is 7.62. The number of aromatic nitrogens is 1. The Labute approximate surface area is 173 Å². The zero-order valence-corrected chi connectivity index (χ0v) is 17.8. The van der Waals surface area contributed by atoms with Crippen molar-refractivity contribution in [2.45, 2.75) is 27.2 Å². The predicted molar refractivity (Wildman–Crippen MR) is 115 cm³/mol. The molecule has 0 spiro atoms. The lowest BCUT2D eigenvalue weighted by Gasteiger charge is -2.12. The first-order valence-corrected chi connectivity index (χ1v) is 10.2. The van der Waals surface area contributed by atoms with Gasteiger partial charge in [0.25, 0.3) is 5.91 Å². The van der Waals surface area contributed by atoms with Crippen molar-refractivity contribution in [1.29, 1.82) is 0 Å². The fraction of sp³-hybridized carbons (Fsp3) is 0.263. The molecule has 1 fully saturated rings. The molecule has 2 aromatic rings. The van der Waals surface area contributed by atoms with Gasteiger partial charge in [0.2, 0.25) is 0 Å². The van der Waals surface area contributed by atoms with E-state index in [1.807, 2.05) is 39.0 Å². The number of hydrogen-bond donors (Lipinski definition) is 0. The van der Waals surface area contributed by atoms with E-state index in [4.69, 9.17) is 35.4 Å². The van der Waals surface area contributed by atoms with Crippen molar-refractivity contribution in [3.8, 4) is 5.69 Å². The Morgan fingerprint density at radius 1 is 1.19 bits per heavy atom. The van der Waals surface area contributed by atoms with E-state index in [1.54, 1.807) is 11.0 Å². The lowest BCUT2D eigenvalue weighted by Crippen LogP contribution is -2.28. The van der Waals surface area contributed by atoms with Gasteiger partial charge in [-0.1, -0.05) is 54.1 Å². The Hall–Kier alpha value is -1.27. The molecule has 0 unspecified atom stereocenters. The molecule has 0 saturated carbocycles. The first-order chi connectivity index (χ1) is 12.3. The van der Waals surface area contributed by atoms with Crippen LogP contribution in [0.1, 0.15) is 30.3 Å². The second kappa shape index (κ2) is 7.77. The molecule has 1 aliphatic heterocycles. The quantitative estimate of drug-likeness (QED) is 0.443. The topological polar surface area (TPSA) is 25.2 Å². The standard InChI is InChI=1S/C19H18Cl2N2OS2/c1-4-7-22-18(24)17(26-19(22)25)9-13-8-11(2)23(12(13)3)14-5-6-15(20)16(21)10-14/h5-6,8-10H,4,7H2,1-3H3. The largest absolute Gasteiger partial charge is 0.318 e. The lowest BCUT2D eigenvalue weighted by molar-refractivity contribution is -0.122. The summed E-state index contributed by atoms with van der Waals surface area (Å²) in [6.07, 6.45) is 2.80. The first kappa shape index (κ1) is 19.5. The Balaban J connectivity index is 2.00. The summed E-state index contributed by atoms with van der Waals surface area (Å²) in [7, 11) is 0. The normalized spacial score (nSPS) is 16.2. The van der Waals surface area contributed by atoms with Crippen molar-refractivity contribution in [1.82, 2.24) is 9.47 Å². The smallest absolute Gasteiger partial charge is 0.266 e. The molecule has 3 nitrogen and oxygen atoms in total. The maximum atomic E-state index is 12.6. The minimum Gasteiger partial charge on any atom is -0.318 e. The molecule has 1 saturated heterocycles. The molecule has 3 rings (SSSR count). The van der Waals surface area contributed by atoms with E-state index < -0.39 is 0 Å². The molecule has 1 aromatic heterocycles. The van der Waals surface area contributed by atoms with Crippen LogP contribution in [0.25, 0.3) is 11.8 Å². The summed E-state index contributed by atoms with van der Waals surface area (Å²) in [5, 5.41) is 1.04. The van der Waals surface area contributed by atoms with Crippen LogP contribution in [-0.2, 0) is 4.79 Å². The van der Waals surface area contributed by atoms with Gasteiger partial charge in [0.15, 0.2) is 0 Å². The summed E-state index contributed by atoms with van der Waals surface area (Å²) in [5.74, 6) is -0.0128. The van der Waals surface area contributed by atoms with Crippen LogP contribution in [0.15, 0.2) is 29.2 Å². The number of amides is 1. The molecular weight excluding hydrogens is 407 g/mol. The van der Waals surface area contributed by atoms with Crippen LogP contribution in [-0.4, -0.2) is 26.2 Å². The van der Waals surface area contributed by atoms with E-state index in [2.05, 4.69) is 10.6 Å². The van der Waals surface area contributed by atoms with E-state index in [0.29, 0.717) is 25.8 Å². The number of halogens is 2. The van der Waals surface area contributed by atoms with Gasteiger partial charge in [0, 0.05) is 23.6 Å². The highest BCUT2D eigenvalue weighted by Crippen LogP contribution is 2.34. The van der Waals surface area contributed by atoms with Crippen molar-refractivity contribution in [2.75, 3.05) is 6.54 Å². The highest BCUT2D eigenvalue weighted by molar-refractivity contribution is 8.26. The zero-order valence-electron chi connectivity index (χ0n) is 14.7. The van der Waals surface area contributed by atoms with Gasteiger partial charge in [-0.05, 0) is 56.2 Å². The van der Waals surface area contributed by atoms with Crippen LogP contribution in [0.5, 0.6) is 0 Å². The Bertz CT molecular complexity index is 934. The summed E-state index contributed by atoms with van der Waals surface area (Å²) in [4.78, 5) is 14.9. The maximum Gasteiger partial charge on any atom is 0.266 e. The maximum absolute atomic E-state index is 12.6. The second-order valence-corrected chi connectivity index (χ2v) is 8.58. The van der Waals surface area contributed by atoms with Crippen LogP contribution in [0.4, 0.5) is 0 Å². The van der Waals surface area contributed by atoms with Crippen LogP contribution >= 0.6 is 47.2 Å². The van der Waals surface area contributed by atoms with E-state index in [-0.39, 0.29) is 5.91 Å². The van der Waals surface area contributed by atoms with Gasteiger partial charge in [-0.3, -0.25) is 9.69 Å². The van der Waals surface area contributed by atoms with E-state index in [0.717, 1.165) is 29.1 Å². The molecule has 1 aliphatic rings. The van der Waals surface area contributed by atoms with Gasteiger partial charge in [-0.2, -0.15) is 0 Å². The number of rotatable bonds is 4. The van der Waals surface area contributed by atoms with Gasteiger partial charge in [0.05, 0.1) is 15.0 Å². The number of carbonyl (C=O) groups is 1. The van der Waals surface area contributed by atoms with E-state index in [1.165, 1.54) is 11.8 Å². The Morgan fingerprint density at radius 3 is 2.58 bits per heavy atom. The second-order valence-electron chi connectivity index (χ2n) is 6.09. The summed E-state index contributed by atoms with van der Waals surface area (Å²) < 4.78 is 2.72. The Morgan fingerprint density at radius 2 is 1.92 bits per heavy atom. The summed E-state index contributed by atoms with van der Waals surface area (Å²) in [5.41, 5.74) is 4.01. The van der Waals surface area contributed by atoms with Crippen molar-refractivity contribution in [3.05, 3.63) is 56.2 Å². The average molecular weight is 425 g/mol. The molecule has 136 valence electrons. The summed E-state index contributed by atoms with van der Waals surface area (Å²) in [6.45, 7) is 6.74. The number of hydrogen-bond acceptors (Lipinski definition) is 3. The molecule has 1 amide bonds. The molecule has 0 N–H and O–H groups in total. The van der Waals surface area contributed by atoms with Crippen LogP contribution in [0.3, 0.4) is 0 Å². The fourth-order valence-electron chi connectivity index (χ4n) is 3.01. The lowest BCUT2D eigenvalue weighted by atomic mass is 10.2. The third-order valence-electron chi connectivity index (χ3n) is 4.24. The monoisotopic (exact) mass is 424 g/mol.